The van der Waals surface area contributed by atoms with Gasteiger partial charge in [0.2, 0.25) is 15.9 Å². The average Bonchev–Trinajstić information content (AvgIpc) is 3.22. The number of methoxy groups -OCH3 is 2. The SMILES string of the molecule is COCCCN1C(=O)c2cccc3c(CC(=O)C4CCCN(S(=O)(=O)c5ccc(OC)nc5)C4)ccc1c23. The minimum Gasteiger partial charge on any atom is -0.481 e. The first-order valence-electron chi connectivity index (χ1n) is 12.7. The van der Waals surface area contributed by atoms with E-state index in [9.17, 15) is 18.0 Å². The Morgan fingerprint density at radius 1 is 1.13 bits per heavy atom. The fourth-order valence-corrected chi connectivity index (χ4v) is 6.86. The zero-order valence-electron chi connectivity index (χ0n) is 21.6. The Hall–Kier alpha value is -3.34. The fourth-order valence-electron chi connectivity index (χ4n) is 5.39. The summed E-state index contributed by atoms with van der Waals surface area (Å²) >= 11 is 0. The predicted octanol–water partition coefficient (Wildman–Crippen LogP) is 3.45. The van der Waals surface area contributed by atoms with E-state index in [-0.39, 0.29) is 29.6 Å². The van der Waals surface area contributed by atoms with Gasteiger partial charge in [0.1, 0.15) is 10.7 Å². The maximum Gasteiger partial charge on any atom is 0.258 e. The van der Waals surface area contributed by atoms with Gasteiger partial charge in [-0.2, -0.15) is 4.31 Å². The van der Waals surface area contributed by atoms with Crippen molar-refractivity contribution in [2.75, 3.05) is 45.4 Å². The molecule has 1 aromatic heterocycles. The van der Waals surface area contributed by atoms with Crippen LogP contribution in [0.2, 0.25) is 0 Å². The molecule has 1 atom stereocenters. The Morgan fingerprint density at radius 3 is 2.71 bits per heavy atom. The lowest BCUT2D eigenvalue weighted by Gasteiger charge is -2.31. The summed E-state index contributed by atoms with van der Waals surface area (Å²) in [7, 11) is -0.666. The van der Waals surface area contributed by atoms with Crippen LogP contribution in [0.15, 0.2) is 53.6 Å². The number of benzene rings is 2. The highest BCUT2D eigenvalue weighted by Gasteiger charge is 2.34. The van der Waals surface area contributed by atoms with Crippen LogP contribution in [0.4, 0.5) is 5.69 Å². The Labute approximate surface area is 222 Å². The molecule has 2 aromatic carbocycles. The summed E-state index contributed by atoms with van der Waals surface area (Å²) in [5.41, 5.74) is 2.35. The van der Waals surface area contributed by atoms with Gasteiger partial charge in [-0.15, -0.1) is 0 Å². The van der Waals surface area contributed by atoms with E-state index in [0.29, 0.717) is 44.0 Å². The highest BCUT2D eigenvalue weighted by Crippen LogP contribution is 2.39. The number of aromatic nitrogens is 1. The number of sulfonamides is 1. The molecular formula is C28H31N3O6S. The number of hydrogen-bond donors (Lipinski definition) is 0. The van der Waals surface area contributed by atoms with Gasteiger partial charge in [-0.05, 0) is 48.4 Å². The van der Waals surface area contributed by atoms with Gasteiger partial charge in [-0.3, -0.25) is 9.59 Å². The summed E-state index contributed by atoms with van der Waals surface area (Å²) in [6, 6.07) is 12.4. The summed E-state index contributed by atoms with van der Waals surface area (Å²) in [5, 5.41) is 1.76. The monoisotopic (exact) mass is 537 g/mol. The second-order valence-corrected chi connectivity index (χ2v) is 11.6. The molecule has 0 radical (unpaired) electrons. The molecule has 200 valence electrons. The molecule has 1 amide bonds. The van der Waals surface area contributed by atoms with Crippen LogP contribution < -0.4 is 9.64 Å². The second kappa shape index (κ2) is 10.8. The number of rotatable bonds is 10. The van der Waals surface area contributed by atoms with E-state index in [1.165, 1.54) is 29.7 Å². The standard InChI is InChI=1S/C28H31N3O6S/c1-36-15-5-14-31-24-11-9-19(22-7-3-8-23(27(22)24)28(31)33)16-25(32)20-6-4-13-30(18-20)38(34,35)21-10-12-26(37-2)29-17-21/h3,7-12,17,20H,4-6,13-16,18H2,1-2H3. The van der Waals surface area contributed by atoms with E-state index < -0.39 is 15.9 Å². The van der Waals surface area contributed by atoms with E-state index in [2.05, 4.69) is 4.98 Å². The summed E-state index contributed by atoms with van der Waals surface area (Å²) in [6.45, 7) is 1.63. The minimum atomic E-state index is -3.77. The van der Waals surface area contributed by atoms with Crippen LogP contribution in [0.1, 0.15) is 35.2 Å². The number of carbonyl (C=O) groups is 2. The van der Waals surface area contributed by atoms with Crippen molar-refractivity contribution in [1.29, 1.82) is 0 Å². The molecule has 0 saturated carbocycles. The Balaban J connectivity index is 1.35. The first kappa shape index (κ1) is 26.3. The molecule has 3 aromatic rings. The lowest BCUT2D eigenvalue weighted by molar-refractivity contribution is -0.123. The zero-order valence-corrected chi connectivity index (χ0v) is 22.4. The largest absolute Gasteiger partial charge is 0.481 e. The van der Waals surface area contributed by atoms with Crippen LogP contribution in [-0.2, 0) is 26.0 Å². The normalized spacial score (nSPS) is 17.8. The van der Waals surface area contributed by atoms with Crippen molar-refractivity contribution in [2.45, 2.75) is 30.6 Å². The predicted molar refractivity (Wildman–Crippen MR) is 143 cm³/mol. The van der Waals surface area contributed by atoms with Crippen molar-refractivity contribution < 1.29 is 27.5 Å². The van der Waals surface area contributed by atoms with Crippen LogP contribution in [0.3, 0.4) is 0 Å². The number of nitrogens with zero attached hydrogens (tertiary/aromatic N) is 3. The van der Waals surface area contributed by atoms with Gasteiger partial charge in [0.15, 0.2) is 0 Å². The van der Waals surface area contributed by atoms with E-state index in [1.54, 1.807) is 12.0 Å². The number of piperidine rings is 1. The smallest absolute Gasteiger partial charge is 0.258 e. The molecule has 3 heterocycles. The van der Waals surface area contributed by atoms with Gasteiger partial charge in [0, 0.05) is 62.7 Å². The molecule has 0 N–H and O–H groups in total. The molecule has 1 unspecified atom stereocenters. The lowest BCUT2D eigenvalue weighted by Crippen LogP contribution is -2.42. The van der Waals surface area contributed by atoms with Crippen molar-refractivity contribution in [3.8, 4) is 5.88 Å². The first-order valence-corrected chi connectivity index (χ1v) is 14.2. The van der Waals surface area contributed by atoms with Gasteiger partial charge >= 0.3 is 0 Å². The van der Waals surface area contributed by atoms with Crippen LogP contribution in [0.5, 0.6) is 5.88 Å². The molecule has 0 aliphatic carbocycles. The van der Waals surface area contributed by atoms with Crippen LogP contribution >= 0.6 is 0 Å². The van der Waals surface area contributed by atoms with Gasteiger partial charge < -0.3 is 14.4 Å². The molecule has 10 heteroatoms. The van der Waals surface area contributed by atoms with Crippen molar-refractivity contribution in [3.63, 3.8) is 0 Å². The van der Waals surface area contributed by atoms with Crippen LogP contribution in [0.25, 0.3) is 10.8 Å². The van der Waals surface area contributed by atoms with E-state index in [4.69, 9.17) is 9.47 Å². The maximum absolute atomic E-state index is 13.5. The first-order chi connectivity index (χ1) is 18.3. The van der Waals surface area contributed by atoms with Gasteiger partial charge in [-0.1, -0.05) is 18.2 Å². The van der Waals surface area contributed by atoms with Crippen molar-refractivity contribution in [3.05, 3.63) is 59.8 Å². The lowest BCUT2D eigenvalue weighted by atomic mass is 9.89. The van der Waals surface area contributed by atoms with Gasteiger partial charge in [0.25, 0.3) is 5.91 Å². The third kappa shape index (κ3) is 4.79. The Kier molecular flexibility index (Phi) is 7.47. The third-order valence-electron chi connectivity index (χ3n) is 7.37. The summed E-state index contributed by atoms with van der Waals surface area (Å²) in [5.74, 6) is -0.105. The summed E-state index contributed by atoms with van der Waals surface area (Å²) < 4.78 is 38.0. The van der Waals surface area contributed by atoms with Crippen molar-refractivity contribution in [1.82, 2.24) is 9.29 Å². The number of pyridine rings is 1. The highest BCUT2D eigenvalue weighted by atomic mass is 32.2. The molecule has 9 nitrogen and oxygen atoms in total. The Morgan fingerprint density at radius 2 is 1.97 bits per heavy atom. The number of amides is 1. The second-order valence-electron chi connectivity index (χ2n) is 9.66. The summed E-state index contributed by atoms with van der Waals surface area (Å²) in [6.07, 6.45) is 3.44. The van der Waals surface area contributed by atoms with E-state index >= 15 is 0 Å². The number of hydrogen-bond acceptors (Lipinski definition) is 7. The van der Waals surface area contributed by atoms with E-state index in [1.807, 2.05) is 30.3 Å². The molecule has 1 fully saturated rings. The van der Waals surface area contributed by atoms with Crippen molar-refractivity contribution in [2.24, 2.45) is 5.92 Å². The molecular weight excluding hydrogens is 506 g/mol. The average molecular weight is 538 g/mol. The molecule has 0 spiro atoms. The highest BCUT2D eigenvalue weighted by molar-refractivity contribution is 7.89. The van der Waals surface area contributed by atoms with E-state index in [0.717, 1.165) is 28.4 Å². The minimum absolute atomic E-state index is 0.000247. The summed E-state index contributed by atoms with van der Waals surface area (Å²) in [4.78, 5) is 32.4. The number of ether oxygens (including phenoxy) is 2. The molecule has 5 rings (SSSR count). The fraction of sp³-hybridized carbons (Fsp3) is 0.393. The number of carbonyl (C=O) groups excluding carboxylic acids is 2. The topological polar surface area (TPSA) is 106 Å². The quantitative estimate of drug-likeness (QED) is 0.365. The Bertz CT molecular complexity index is 1470. The molecule has 1 saturated heterocycles. The molecule has 38 heavy (non-hydrogen) atoms. The van der Waals surface area contributed by atoms with Crippen molar-refractivity contribution >= 4 is 38.2 Å². The van der Waals surface area contributed by atoms with Gasteiger partial charge in [0.05, 0.1) is 19.0 Å². The number of ketones is 1. The maximum atomic E-state index is 13.5. The molecule has 0 bridgehead atoms. The van der Waals surface area contributed by atoms with Gasteiger partial charge in [-0.25, -0.2) is 13.4 Å². The zero-order chi connectivity index (χ0) is 26.9. The number of anilines is 1. The van der Waals surface area contributed by atoms with Crippen LogP contribution in [-0.4, -0.2) is 69.9 Å². The molecule has 2 aliphatic rings. The molecule has 2 aliphatic heterocycles. The number of Topliss-reactive ketones (excluding diaryl/α,β-unsaturated/α-hetero) is 1. The third-order valence-corrected chi connectivity index (χ3v) is 9.21. The van der Waals surface area contributed by atoms with Crippen LogP contribution in [0, 0.1) is 5.92 Å².